The number of likely N-dealkylation sites (tertiary alicyclic amines) is 1. The molecule has 0 bridgehead atoms. The fraction of sp³-hybridized carbons (Fsp3) is 0.571. The molecule has 2 rings (SSSR count). The van der Waals surface area contributed by atoms with Crippen molar-refractivity contribution in [1.82, 2.24) is 9.88 Å². The van der Waals surface area contributed by atoms with Gasteiger partial charge in [0.25, 0.3) is 0 Å². The Hall–Kier alpha value is -1.33. The van der Waals surface area contributed by atoms with Gasteiger partial charge in [-0.1, -0.05) is 18.5 Å². The van der Waals surface area contributed by atoms with E-state index >= 15 is 0 Å². The zero-order valence-electron chi connectivity index (χ0n) is 11.6. The number of pyridine rings is 1. The van der Waals surface area contributed by atoms with E-state index in [1.165, 1.54) is 38.2 Å². The highest BCUT2D eigenvalue weighted by Gasteiger charge is 2.15. The number of hydrogen-bond donors (Lipinski definition) is 2. The Bertz CT molecular complexity index is 475. The van der Waals surface area contributed by atoms with Gasteiger partial charge in [0.1, 0.15) is 5.82 Å². The number of anilines is 1. The molecule has 20 heavy (non-hydrogen) atoms. The third kappa shape index (κ3) is 4.08. The summed E-state index contributed by atoms with van der Waals surface area (Å²) in [6.45, 7) is 6.41. The number of carbonyl (C=O) groups is 1. The normalized spacial score (nSPS) is 17.1. The average Bonchev–Trinajstić information content (AvgIpc) is 2.90. The van der Waals surface area contributed by atoms with Crippen LogP contribution in [0.2, 0.25) is 5.02 Å². The Morgan fingerprint density at radius 3 is 2.85 bits per heavy atom. The maximum atomic E-state index is 10.8. The third-order valence-corrected chi connectivity index (χ3v) is 3.76. The minimum Gasteiger partial charge on any atom is -0.478 e. The van der Waals surface area contributed by atoms with Crippen LogP contribution in [0.15, 0.2) is 12.3 Å². The maximum absolute atomic E-state index is 10.8. The molecule has 0 radical (unpaired) electrons. The summed E-state index contributed by atoms with van der Waals surface area (Å²) in [7, 11) is 0. The van der Waals surface area contributed by atoms with E-state index in [4.69, 9.17) is 16.7 Å². The van der Waals surface area contributed by atoms with E-state index in [2.05, 4.69) is 22.1 Å². The summed E-state index contributed by atoms with van der Waals surface area (Å²) in [5.41, 5.74) is 0.102. The first kappa shape index (κ1) is 15.1. The first-order chi connectivity index (χ1) is 9.56. The van der Waals surface area contributed by atoms with E-state index in [-0.39, 0.29) is 5.56 Å². The van der Waals surface area contributed by atoms with Crippen LogP contribution in [0.4, 0.5) is 5.82 Å². The van der Waals surface area contributed by atoms with Crippen LogP contribution < -0.4 is 5.32 Å². The molecule has 6 heteroatoms. The second-order valence-corrected chi connectivity index (χ2v) is 5.76. The fourth-order valence-electron chi connectivity index (χ4n) is 2.43. The summed E-state index contributed by atoms with van der Waals surface area (Å²) in [5.74, 6) is 0.0170. The monoisotopic (exact) mass is 297 g/mol. The molecular formula is C14H20ClN3O2. The topological polar surface area (TPSA) is 65.5 Å². The lowest BCUT2D eigenvalue weighted by molar-refractivity contribution is 0.0696. The van der Waals surface area contributed by atoms with Gasteiger partial charge in [-0.3, -0.25) is 0 Å². The average molecular weight is 298 g/mol. The summed E-state index contributed by atoms with van der Waals surface area (Å²) in [5, 5.41) is 12.4. The molecule has 1 unspecified atom stereocenters. The van der Waals surface area contributed by atoms with Gasteiger partial charge in [0, 0.05) is 19.3 Å². The van der Waals surface area contributed by atoms with Crippen LogP contribution in [-0.2, 0) is 0 Å². The zero-order chi connectivity index (χ0) is 14.5. The Balaban J connectivity index is 1.85. The number of aromatic nitrogens is 1. The Kier molecular flexibility index (Phi) is 5.20. The van der Waals surface area contributed by atoms with Crippen molar-refractivity contribution >= 4 is 23.4 Å². The van der Waals surface area contributed by atoms with Crippen LogP contribution in [-0.4, -0.2) is 47.1 Å². The maximum Gasteiger partial charge on any atom is 0.337 e. The summed E-state index contributed by atoms with van der Waals surface area (Å²) in [6, 6.07) is 1.42. The zero-order valence-corrected chi connectivity index (χ0v) is 12.4. The number of halogens is 1. The number of nitrogens with zero attached hydrogens (tertiary/aromatic N) is 2. The number of carboxylic acids is 1. The Morgan fingerprint density at radius 1 is 1.55 bits per heavy atom. The molecule has 0 saturated carbocycles. The third-order valence-electron chi connectivity index (χ3n) is 3.47. The van der Waals surface area contributed by atoms with Gasteiger partial charge in [-0.25, -0.2) is 9.78 Å². The van der Waals surface area contributed by atoms with Gasteiger partial charge < -0.3 is 15.3 Å². The first-order valence-corrected chi connectivity index (χ1v) is 7.29. The molecule has 5 nitrogen and oxygen atoms in total. The molecule has 0 aromatic carbocycles. The van der Waals surface area contributed by atoms with E-state index < -0.39 is 5.97 Å². The summed E-state index contributed by atoms with van der Waals surface area (Å²) >= 11 is 6.03. The second kappa shape index (κ2) is 6.90. The van der Waals surface area contributed by atoms with Crippen LogP contribution in [0.25, 0.3) is 0 Å². The molecule has 1 aliphatic heterocycles. The van der Waals surface area contributed by atoms with Gasteiger partial charge in [0.05, 0.1) is 10.6 Å². The van der Waals surface area contributed by atoms with Crippen molar-refractivity contribution in [2.75, 3.05) is 31.5 Å². The van der Waals surface area contributed by atoms with Crippen LogP contribution in [0.1, 0.15) is 30.1 Å². The Morgan fingerprint density at radius 2 is 2.25 bits per heavy atom. The van der Waals surface area contributed by atoms with Crippen molar-refractivity contribution in [3.8, 4) is 0 Å². The molecule has 0 aliphatic carbocycles. The lowest BCUT2D eigenvalue weighted by Gasteiger charge is -2.20. The number of hydrogen-bond acceptors (Lipinski definition) is 4. The van der Waals surface area contributed by atoms with Gasteiger partial charge >= 0.3 is 5.97 Å². The van der Waals surface area contributed by atoms with Crippen LogP contribution in [0.3, 0.4) is 0 Å². The number of nitrogens with one attached hydrogen (secondary N) is 1. The van der Waals surface area contributed by atoms with Crippen molar-refractivity contribution in [2.45, 2.75) is 19.8 Å². The first-order valence-electron chi connectivity index (χ1n) is 6.91. The van der Waals surface area contributed by atoms with E-state index in [0.29, 0.717) is 16.8 Å². The van der Waals surface area contributed by atoms with Gasteiger partial charge in [-0.05, 0) is 37.9 Å². The van der Waals surface area contributed by atoms with Crippen molar-refractivity contribution in [3.63, 3.8) is 0 Å². The quantitative estimate of drug-likeness (QED) is 0.845. The molecule has 1 aromatic heterocycles. The minimum absolute atomic E-state index is 0.102. The molecule has 1 atom stereocenters. The summed E-state index contributed by atoms with van der Waals surface area (Å²) in [4.78, 5) is 17.3. The van der Waals surface area contributed by atoms with E-state index in [9.17, 15) is 4.79 Å². The number of aromatic carboxylic acids is 1. The largest absolute Gasteiger partial charge is 0.478 e. The summed E-state index contributed by atoms with van der Waals surface area (Å²) < 4.78 is 0. The molecule has 110 valence electrons. The molecule has 1 aliphatic rings. The molecule has 0 amide bonds. The molecule has 1 aromatic rings. The summed E-state index contributed by atoms with van der Waals surface area (Å²) in [6.07, 6.45) is 3.91. The van der Waals surface area contributed by atoms with Gasteiger partial charge in [-0.2, -0.15) is 0 Å². The minimum atomic E-state index is -1.02. The molecule has 1 saturated heterocycles. The van der Waals surface area contributed by atoms with Crippen molar-refractivity contribution < 1.29 is 9.90 Å². The van der Waals surface area contributed by atoms with Gasteiger partial charge in [-0.15, -0.1) is 0 Å². The standard InChI is InChI=1S/C14H20ClN3O2/c1-10(9-18-4-2-3-5-18)7-16-13-12(15)6-11(8-17-13)14(19)20/h6,8,10H,2-5,7,9H2,1H3,(H,16,17)(H,19,20). The van der Waals surface area contributed by atoms with E-state index in [1.54, 1.807) is 0 Å². The van der Waals surface area contributed by atoms with Crippen molar-refractivity contribution in [3.05, 3.63) is 22.8 Å². The van der Waals surface area contributed by atoms with E-state index in [1.807, 2.05) is 0 Å². The second-order valence-electron chi connectivity index (χ2n) is 5.35. The lowest BCUT2D eigenvalue weighted by atomic mass is 10.1. The highest BCUT2D eigenvalue weighted by atomic mass is 35.5. The van der Waals surface area contributed by atoms with Crippen molar-refractivity contribution in [1.29, 1.82) is 0 Å². The number of carboxylic acid groups (broad SMARTS) is 1. The van der Waals surface area contributed by atoms with E-state index in [0.717, 1.165) is 13.1 Å². The van der Waals surface area contributed by atoms with Crippen LogP contribution in [0.5, 0.6) is 0 Å². The smallest absolute Gasteiger partial charge is 0.337 e. The predicted octanol–water partition coefficient (Wildman–Crippen LogP) is 2.58. The number of rotatable bonds is 6. The Labute approximate surface area is 123 Å². The molecule has 1 fully saturated rings. The molecular weight excluding hydrogens is 278 g/mol. The molecule has 2 N–H and O–H groups in total. The van der Waals surface area contributed by atoms with Crippen molar-refractivity contribution in [2.24, 2.45) is 5.92 Å². The van der Waals surface area contributed by atoms with Gasteiger partial charge in [0.15, 0.2) is 0 Å². The predicted molar refractivity (Wildman–Crippen MR) is 79.5 cm³/mol. The lowest BCUT2D eigenvalue weighted by Crippen LogP contribution is -2.29. The highest BCUT2D eigenvalue weighted by Crippen LogP contribution is 2.20. The SMILES string of the molecule is CC(CNc1ncc(C(=O)O)cc1Cl)CN1CCCC1. The molecule has 0 spiro atoms. The highest BCUT2D eigenvalue weighted by molar-refractivity contribution is 6.33. The van der Waals surface area contributed by atoms with Crippen LogP contribution >= 0.6 is 11.6 Å². The van der Waals surface area contributed by atoms with Gasteiger partial charge in [0.2, 0.25) is 0 Å². The van der Waals surface area contributed by atoms with Crippen LogP contribution in [0, 0.1) is 5.92 Å². The fourth-order valence-corrected chi connectivity index (χ4v) is 2.66. The molecule has 2 heterocycles.